The summed E-state index contributed by atoms with van der Waals surface area (Å²) in [6, 6.07) is 21.7. The molecule has 0 aliphatic rings. The Morgan fingerprint density at radius 2 is 1.64 bits per heavy atom. The van der Waals surface area contributed by atoms with Gasteiger partial charge in [-0.2, -0.15) is 5.10 Å². The maximum atomic E-state index is 13.3. The summed E-state index contributed by atoms with van der Waals surface area (Å²) in [6.07, 6.45) is 1.44. The van der Waals surface area contributed by atoms with Crippen molar-refractivity contribution in [1.82, 2.24) is 10.4 Å². The zero-order chi connectivity index (χ0) is 29.8. The van der Waals surface area contributed by atoms with Crippen molar-refractivity contribution < 1.29 is 19.1 Å². The Bertz CT molecular complexity index is 1830. The van der Waals surface area contributed by atoms with E-state index in [1.54, 1.807) is 72.8 Å². The number of carbonyl (C=O) groups excluding carboxylic acids is 2. The van der Waals surface area contributed by atoms with Crippen LogP contribution in [0.4, 0.5) is 0 Å². The Kier molecular flexibility index (Phi) is 9.04. The van der Waals surface area contributed by atoms with Gasteiger partial charge < -0.3 is 14.5 Å². The molecule has 0 unspecified atom stereocenters. The van der Waals surface area contributed by atoms with Gasteiger partial charge >= 0.3 is 5.97 Å². The van der Waals surface area contributed by atoms with Crippen molar-refractivity contribution in [2.45, 2.75) is 6.92 Å². The first-order valence-electron chi connectivity index (χ1n) is 12.6. The largest absolute Gasteiger partial charge is 0.490 e. The molecule has 0 atom stereocenters. The number of aromatic nitrogens is 1. The van der Waals surface area contributed by atoms with Crippen LogP contribution in [0.15, 0.2) is 84.0 Å². The maximum Gasteiger partial charge on any atom is 0.343 e. The van der Waals surface area contributed by atoms with Gasteiger partial charge in [-0.15, -0.1) is 0 Å². The fourth-order valence-electron chi connectivity index (χ4n) is 4.26. The second-order valence-corrected chi connectivity index (χ2v) is 10.6. The number of H-pyrrole nitrogens is 1. The van der Waals surface area contributed by atoms with Crippen molar-refractivity contribution in [3.8, 4) is 22.6 Å². The van der Waals surface area contributed by atoms with Crippen LogP contribution >= 0.6 is 46.4 Å². The number of hydrogen-bond donors (Lipinski definition) is 2. The summed E-state index contributed by atoms with van der Waals surface area (Å²) in [4.78, 5) is 29.0. The average Bonchev–Trinajstić information content (AvgIpc) is 3.34. The van der Waals surface area contributed by atoms with Crippen molar-refractivity contribution in [2.75, 3.05) is 6.61 Å². The van der Waals surface area contributed by atoms with Crippen molar-refractivity contribution in [2.24, 2.45) is 5.10 Å². The highest BCUT2D eigenvalue weighted by atomic mass is 35.5. The Hall–Kier alpha value is -4.01. The van der Waals surface area contributed by atoms with E-state index in [0.29, 0.717) is 65.6 Å². The highest BCUT2D eigenvalue weighted by Gasteiger charge is 2.22. The highest BCUT2D eigenvalue weighted by molar-refractivity contribution is 6.40. The van der Waals surface area contributed by atoms with Crippen LogP contribution in [0.5, 0.6) is 11.5 Å². The van der Waals surface area contributed by atoms with E-state index in [1.807, 2.05) is 13.0 Å². The number of esters is 1. The minimum absolute atomic E-state index is 0.207. The number of halogens is 4. The van der Waals surface area contributed by atoms with Crippen LogP contribution in [0.1, 0.15) is 33.3 Å². The van der Waals surface area contributed by atoms with Gasteiger partial charge in [0, 0.05) is 31.6 Å². The van der Waals surface area contributed by atoms with Gasteiger partial charge in [0.25, 0.3) is 5.91 Å². The predicted octanol–water partition coefficient (Wildman–Crippen LogP) is 8.83. The van der Waals surface area contributed by atoms with E-state index < -0.39 is 11.9 Å². The molecule has 5 aromatic rings. The molecule has 0 saturated carbocycles. The molecule has 0 spiro atoms. The van der Waals surface area contributed by atoms with Crippen LogP contribution in [0.3, 0.4) is 0 Å². The number of nitrogens with zero attached hydrogens (tertiary/aromatic N) is 1. The van der Waals surface area contributed by atoms with Crippen LogP contribution in [0.25, 0.3) is 22.0 Å². The number of carbonyl (C=O) groups is 2. The molecular weight excluding hydrogens is 620 g/mol. The van der Waals surface area contributed by atoms with Crippen LogP contribution in [0.2, 0.25) is 20.1 Å². The minimum Gasteiger partial charge on any atom is -0.490 e. The average molecular weight is 641 g/mol. The van der Waals surface area contributed by atoms with E-state index in [2.05, 4.69) is 15.5 Å². The number of ether oxygens (including phenoxy) is 2. The molecule has 4 aromatic carbocycles. The summed E-state index contributed by atoms with van der Waals surface area (Å²) in [6.45, 7) is 2.14. The Balaban J connectivity index is 1.39. The van der Waals surface area contributed by atoms with Crippen molar-refractivity contribution in [1.29, 1.82) is 0 Å². The molecule has 0 aliphatic heterocycles. The topological polar surface area (TPSA) is 92.8 Å². The molecule has 7 nitrogen and oxygen atoms in total. The summed E-state index contributed by atoms with van der Waals surface area (Å²) in [5.41, 5.74) is 5.38. The van der Waals surface area contributed by atoms with Gasteiger partial charge in [0.05, 0.1) is 28.9 Å². The molecule has 5 rings (SSSR count). The molecule has 2 N–H and O–H groups in total. The van der Waals surface area contributed by atoms with Gasteiger partial charge in [-0.25, -0.2) is 10.2 Å². The van der Waals surface area contributed by atoms with Crippen molar-refractivity contribution in [3.63, 3.8) is 0 Å². The lowest BCUT2D eigenvalue weighted by molar-refractivity contribution is 0.0728. The third kappa shape index (κ3) is 6.40. The van der Waals surface area contributed by atoms with E-state index in [1.165, 1.54) is 6.21 Å². The zero-order valence-corrected chi connectivity index (χ0v) is 24.9. The van der Waals surface area contributed by atoms with E-state index in [0.717, 1.165) is 0 Å². The first-order chi connectivity index (χ1) is 20.2. The van der Waals surface area contributed by atoms with Crippen molar-refractivity contribution >= 4 is 75.4 Å². The number of fused-ring (bicyclic) bond motifs is 1. The maximum absolute atomic E-state index is 13.3. The monoisotopic (exact) mass is 639 g/mol. The SMILES string of the molecule is CCOc1cc(C=NNC(=O)c2[nH]c3c(Cl)cc(Cl)cc3c2-c2ccccc2Cl)ccc1OC(=O)c1ccc(Cl)cc1. The van der Waals surface area contributed by atoms with Crippen LogP contribution in [-0.4, -0.2) is 29.7 Å². The summed E-state index contributed by atoms with van der Waals surface area (Å²) in [5.74, 6) is -0.521. The molecule has 1 aromatic heterocycles. The first kappa shape index (κ1) is 29.5. The number of amides is 1. The molecule has 1 amide bonds. The predicted molar refractivity (Wildman–Crippen MR) is 168 cm³/mol. The van der Waals surface area contributed by atoms with Gasteiger partial charge in [-0.1, -0.05) is 64.6 Å². The quantitative estimate of drug-likeness (QED) is 0.0767. The first-order valence-corrected chi connectivity index (χ1v) is 14.1. The molecule has 0 saturated heterocycles. The fraction of sp³-hybridized carbons (Fsp3) is 0.0645. The van der Waals surface area contributed by atoms with Crippen molar-refractivity contribution in [3.05, 3.63) is 116 Å². The number of aromatic amines is 1. The third-order valence-electron chi connectivity index (χ3n) is 6.12. The number of benzene rings is 4. The fourth-order valence-corrected chi connectivity index (χ4v) is 5.15. The molecule has 0 bridgehead atoms. The Labute approximate surface area is 260 Å². The van der Waals surface area contributed by atoms with Gasteiger partial charge in [0.1, 0.15) is 5.69 Å². The molecule has 0 aliphatic carbocycles. The van der Waals surface area contributed by atoms with Crippen LogP contribution in [-0.2, 0) is 0 Å². The second kappa shape index (κ2) is 12.9. The summed E-state index contributed by atoms with van der Waals surface area (Å²) >= 11 is 25.1. The Morgan fingerprint density at radius 1 is 0.881 bits per heavy atom. The van der Waals surface area contributed by atoms with E-state index in [9.17, 15) is 9.59 Å². The molecule has 212 valence electrons. The summed E-state index contributed by atoms with van der Waals surface area (Å²) < 4.78 is 11.2. The lowest BCUT2D eigenvalue weighted by Crippen LogP contribution is -2.19. The lowest BCUT2D eigenvalue weighted by atomic mass is 10.0. The molecular formula is C31H21Cl4N3O4. The van der Waals surface area contributed by atoms with Crippen LogP contribution in [0, 0.1) is 0 Å². The van der Waals surface area contributed by atoms with E-state index in [4.69, 9.17) is 55.9 Å². The standard InChI is InChI=1S/C31H21Cl4N3O4/c1-2-41-26-13-17(7-12-25(26)42-31(40)18-8-10-19(32)11-9-18)16-36-38-30(39)29-27(21-5-3-4-6-23(21)34)22-14-20(33)15-24(35)28(22)37-29/h3-16,37H,2H2,1H3,(H,38,39). The minimum atomic E-state index is -0.560. The van der Waals surface area contributed by atoms with Crippen LogP contribution < -0.4 is 14.9 Å². The second-order valence-electron chi connectivity index (χ2n) is 8.90. The normalized spacial score (nSPS) is 11.2. The van der Waals surface area contributed by atoms with Gasteiger partial charge in [-0.3, -0.25) is 4.79 Å². The smallest absolute Gasteiger partial charge is 0.343 e. The number of hydrogen-bond acceptors (Lipinski definition) is 5. The molecule has 0 fully saturated rings. The van der Waals surface area contributed by atoms with Gasteiger partial charge in [0.2, 0.25) is 0 Å². The third-order valence-corrected chi connectivity index (χ3v) is 7.22. The molecule has 42 heavy (non-hydrogen) atoms. The number of nitrogens with one attached hydrogen (secondary N) is 2. The van der Waals surface area contributed by atoms with E-state index in [-0.39, 0.29) is 11.4 Å². The summed E-state index contributed by atoms with van der Waals surface area (Å²) in [7, 11) is 0. The molecule has 11 heteroatoms. The highest BCUT2D eigenvalue weighted by Crippen LogP contribution is 2.40. The number of hydrazone groups is 1. The van der Waals surface area contributed by atoms with Gasteiger partial charge in [0.15, 0.2) is 11.5 Å². The Morgan fingerprint density at radius 3 is 2.38 bits per heavy atom. The number of rotatable bonds is 8. The van der Waals surface area contributed by atoms with E-state index >= 15 is 0 Å². The summed E-state index contributed by atoms with van der Waals surface area (Å²) in [5, 5.41) is 6.49. The molecule has 0 radical (unpaired) electrons. The lowest BCUT2D eigenvalue weighted by Gasteiger charge is -2.11. The molecule has 1 heterocycles. The zero-order valence-electron chi connectivity index (χ0n) is 21.9. The van der Waals surface area contributed by atoms with Gasteiger partial charge in [-0.05, 0) is 73.2 Å².